The first-order chi connectivity index (χ1) is 16.8. The molecule has 0 aliphatic heterocycles. The van der Waals surface area contributed by atoms with E-state index in [0.717, 1.165) is 18.2 Å². The van der Waals surface area contributed by atoms with Crippen LogP contribution >= 0.6 is 23.2 Å². The fourth-order valence-corrected chi connectivity index (χ4v) is 4.57. The summed E-state index contributed by atoms with van der Waals surface area (Å²) in [7, 11) is -4.49. The van der Waals surface area contributed by atoms with Crippen molar-refractivity contribution in [1.82, 2.24) is 4.90 Å². The molecule has 0 aliphatic rings. The van der Waals surface area contributed by atoms with E-state index in [1.54, 1.807) is 29.2 Å². The van der Waals surface area contributed by atoms with Crippen molar-refractivity contribution in [2.45, 2.75) is 43.9 Å². The SMILES string of the molecule is CCC(C)N(Cc1ccc(OS(=O)(=O)c2cccc(C(F)(F)F)c2)cc1)C(=O)c1ccc(Cl)c(Cl)c1. The second kappa shape index (κ2) is 11.1. The van der Waals surface area contributed by atoms with E-state index >= 15 is 0 Å². The van der Waals surface area contributed by atoms with E-state index in [1.807, 2.05) is 13.8 Å². The van der Waals surface area contributed by atoms with E-state index < -0.39 is 26.8 Å². The average Bonchev–Trinajstić information content (AvgIpc) is 2.83. The Labute approximate surface area is 217 Å². The van der Waals surface area contributed by atoms with Crippen LogP contribution in [0.2, 0.25) is 10.0 Å². The normalized spacial score (nSPS) is 12.8. The lowest BCUT2D eigenvalue weighted by molar-refractivity contribution is -0.137. The summed E-state index contributed by atoms with van der Waals surface area (Å²) in [6.07, 6.45) is -4.01. The van der Waals surface area contributed by atoms with Crippen LogP contribution in [0.15, 0.2) is 71.6 Å². The number of halogens is 5. The third kappa shape index (κ3) is 6.72. The van der Waals surface area contributed by atoms with E-state index in [9.17, 15) is 26.4 Å². The molecule has 0 aliphatic carbocycles. The number of carbonyl (C=O) groups excluding carboxylic acids is 1. The summed E-state index contributed by atoms with van der Waals surface area (Å²) >= 11 is 12.0. The summed E-state index contributed by atoms with van der Waals surface area (Å²) in [5.41, 5.74) is -0.0383. The molecule has 1 unspecified atom stereocenters. The van der Waals surface area contributed by atoms with Crippen LogP contribution in [0.25, 0.3) is 0 Å². The minimum atomic E-state index is -4.69. The average molecular weight is 560 g/mol. The van der Waals surface area contributed by atoms with Gasteiger partial charge in [0.05, 0.1) is 15.6 Å². The number of hydrogen-bond donors (Lipinski definition) is 0. The zero-order valence-electron chi connectivity index (χ0n) is 19.2. The van der Waals surface area contributed by atoms with Crippen molar-refractivity contribution in [3.8, 4) is 5.75 Å². The number of alkyl halides is 3. The molecule has 0 heterocycles. The fraction of sp³-hybridized carbons (Fsp3) is 0.240. The summed E-state index contributed by atoms with van der Waals surface area (Å²) in [6, 6.07) is 13.7. The monoisotopic (exact) mass is 559 g/mol. The summed E-state index contributed by atoms with van der Waals surface area (Å²) < 4.78 is 68.9. The Morgan fingerprint density at radius 1 is 1.00 bits per heavy atom. The Balaban J connectivity index is 1.78. The highest BCUT2D eigenvalue weighted by Gasteiger charge is 2.32. The molecule has 36 heavy (non-hydrogen) atoms. The standard InChI is InChI=1S/C25H22Cl2F3NO4S/c1-3-16(2)31(24(32)18-9-12-22(26)23(27)13-18)15-17-7-10-20(11-8-17)35-36(33,34)21-6-4-5-19(14-21)25(28,29)30/h4-14,16H,3,15H2,1-2H3. The molecular weight excluding hydrogens is 538 g/mol. The number of amides is 1. The lowest BCUT2D eigenvalue weighted by Gasteiger charge is -2.29. The quantitative estimate of drug-likeness (QED) is 0.273. The molecule has 0 aromatic heterocycles. The molecular formula is C25H22Cl2F3NO4S. The molecule has 0 saturated carbocycles. The second-order valence-corrected chi connectivity index (χ2v) is 10.4. The Hall–Kier alpha value is -2.75. The van der Waals surface area contributed by atoms with Crippen LogP contribution in [-0.4, -0.2) is 25.3 Å². The van der Waals surface area contributed by atoms with Crippen molar-refractivity contribution in [3.05, 3.63) is 93.5 Å². The van der Waals surface area contributed by atoms with Crippen molar-refractivity contribution >= 4 is 39.2 Å². The maximum absolute atomic E-state index is 13.2. The first kappa shape index (κ1) is 27.8. The lowest BCUT2D eigenvalue weighted by atomic mass is 10.1. The lowest BCUT2D eigenvalue weighted by Crippen LogP contribution is -2.37. The maximum atomic E-state index is 13.2. The molecule has 0 radical (unpaired) electrons. The molecule has 1 amide bonds. The second-order valence-electron chi connectivity index (χ2n) is 8.03. The highest BCUT2D eigenvalue weighted by atomic mass is 35.5. The number of hydrogen-bond acceptors (Lipinski definition) is 4. The summed E-state index contributed by atoms with van der Waals surface area (Å²) in [5, 5.41) is 0.592. The van der Waals surface area contributed by atoms with E-state index in [4.69, 9.17) is 27.4 Å². The Morgan fingerprint density at radius 2 is 1.67 bits per heavy atom. The molecule has 0 N–H and O–H groups in total. The molecule has 5 nitrogen and oxygen atoms in total. The van der Waals surface area contributed by atoms with Crippen molar-refractivity contribution in [2.24, 2.45) is 0 Å². The van der Waals surface area contributed by atoms with Crippen molar-refractivity contribution < 1.29 is 30.6 Å². The molecule has 0 bridgehead atoms. The Bertz CT molecular complexity index is 1350. The molecule has 0 fully saturated rings. The van der Waals surface area contributed by atoms with Crippen molar-refractivity contribution in [2.75, 3.05) is 0 Å². The zero-order chi connectivity index (χ0) is 26.7. The van der Waals surface area contributed by atoms with Crippen molar-refractivity contribution in [1.29, 1.82) is 0 Å². The van der Waals surface area contributed by atoms with Gasteiger partial charge < -0.3 is 9.08 Å². The van der Waals surface area contributed by atoms with Gasteiger partial charge in [0.25, 0.3) is 5.91 Å². The molecule has 0 spiro atoms. The van der Waals surface area contributed by atoms with Gasteiger partial charge in [0.1, 0.15) is 10.6 Å². The molecule has 3 rings (SSSR count). The third-order valence-electron chi connectivity index (χ3n) is 5.48. The molecule has 3 aromatic rings. The van der Waals surface area contributed by atoms with Crippen LogP contribution in [0.5, 0.6) is 5.75 Å². The van der Waals surface area contributed by atoms with Gasteiger partial charge in [-0.3, -0.25) is 4.79 Å². The molecule has 192 valence electrons. The summed E-state index contributed by atoms with van der Waals surface area (Å²) in [4.78, 5) is 14.2. The number of carbonyl (C=O) groups is 1. The predicted molar refractivity (Wildman–Crippen MR) is 132 cm³/mol. The van der Waals surface area contributed by atoms with Crippen LogP contribution in [0.1, 0.15) is 41.8 Å². The topological polar surface area (TPSA) is 63.7 Å². The van der Waals surface area contributed by atoms with Gasteiger partial charge in [-0.1, -0.05) is 48.3 Å². The highest BCUT2D eigenvalue weighted by Crippen LogP contribution is 2.31. The first-order valence-electron chi connectivity index (χ1n) is 10.8. The summed E-state index contributed by atoms with van der Waals surface area (Å²) in [6.45, 7) is 4.05. The molecule has 11 heteroatoms. The minimum Gasteiger partial charge on any atom is -0.379 e. The van der Waals surface area contributed by atoms with E-state index in [1.165, 1.54) is 18.2 Å². The van der Waals surface area contributed by atoms with Gasteiger partial charge in [-0.2, -0.15) is 21.6 Å². The van der Waals surface area contributed by atoms with Gasteiger partial charge in [-0.15, -0.1) is 0 Å². The van der Waals surface area contributed by atoms with Gasteiger partial charge in [0.15, 0.2) is 0 Å². The van der Waals surface area contributed by atoms with E-state index in [0.29, 0.717) is 28.6 Å². The summed E-state index contributed by atoms with van der Waals surface area (Å²) in [5.74, 6) is -0.336. The predicted octanol–water partition coefficient (Wildman–Crippen LogP) is 7.22. The van der Waals surface area contributed by atoms with Crippen LogP contribution in [-0.2, 0) is 22.8 Å². The van der Waals surface area contributed by atoms with Gasteiger partial charge in [0.2, 0.25) is 0 Å². The number of benzene rings is 3. The largest absolute Gasteiger partial charge is 0.416 e. The van der Waals surface area contributed by atoms with Gasteiger partial charge in [-0.25, -0.2) is 0 Å². The Kier molecular flexibility index (Phi) is 8.59. The third-order valence-corrected chi connectivity index (χ3v) is 7.46. The molecule has 3 aromatic carbocycles. The van der Waals surface area contributed by atoms with Crippen LogP contribution in [0.4, 0.5) is 13.2 Å². The van der Waals surface area contributed by atoms with Crippen LogP contribution in [0, 0.1) is 0 Å². The minimum absolute atomic E-state index is 0.0814. The van der Waals surface area contributed by atoms with Crippen molar-refractivity contribution in [3.63, 3.8) is 0 Å². The number of nitrogens with zero attached hydrogens (tertiary/aromatic N) is 1. The van der Waals surface area contributed by atoms with Crippen LogP contribution < -0.4 is 4.18 Å². The highest BCUT2D eigenvalue weighted by molar-refractivity contribution is 7.87. The first-order valence-corrected chi connectivity index (χ1v) is 12.9. The smallest absolute Gasteiger partial charge is 0.379 e. The van der Waals surface area contributed by atoms with E-state index in [-0.39, 0.29) is 29.3 Å². The molecule has 1 atom stereocenters. The fourth-order valence-electron chi connectivity index (χ4n) is 3.29. The zero-order valence-corrected chi connectivity index (χ0v) is 21.5. The van der Waals surface area contributed by atoms with Crippen LogP contribution in [0.3, 0.4) is 0 Å². The van der Waals surface area contributed by atoms with Gasteiger partial charge in [0, 0.05) is 18.2 Å². The van der Waals surface area contributed by atoms with Gasteiger partial charge in [-0.05, 0) is 67.4 Å². The number of rotatable bonds is 8. The Morgan fingerprint density at radius 3 is 2.25 bits per heavy atom. The molecule has 0 saturated heterocycles. The maximum Gasteiger partial charge on any atom is 0.416 e. The van der Waals surface area contributed by atoms with E-state index in [2.05, 4.69) is 0 Å². The van der Waals surface area contributed by atoms with Gasteiger partial charge >= 0.3 is 16.3 Å².